The van der Waals surface area contributed by atoms with Crippen molar-refractivity contribution < 1.29 is 4.74 Å². The van der Waals surface area contributed by atoms with Crippen LogP contribution in [0.5, 0.6) is 5.75 Å². The van der Waals surface area contributed by atoms with Gasteiger partial charge in [0.05, 0.1) is 6.61 Å². The molecule has 0 saturated carbocycles. The summed E-state index contributed by atoms with van der Waals surface area (Å²) >= 11 is 9.76. The normalized spacial score (nSPS) is 14.7. The van der Waals surface area contributed by atoms with Gasteiger partial charge in [-0.3, -0.25) is 0 Å². The molecule has 0 spiro atoms. The third-order valence-corrected chi connectivity index (χ3v) is 4.75. The largest absolute Gasteiger partial charge is 0.493 e. The smallest absolute Gasteiger partial charge is 0.125 e. The van der Waals surface area contributed by atoms with Gasteiger partial charge >= 0.3 is 0 Å². The Morgan fingerprint density at radius 3 is 2.90 bits per heavy atom. The first-order chi connectivity index (χ1) is 10.0. The van der Waals surface area contributed by atoms with Gasteiger partial charge < -0.3 is 10.5 Å². The van der Waals surface area contributed by atoms with Gasteiger partial charge in [-0.15, -0.1) is 0 Å². The van der Waals surface area contributed by atoms with Crippen molar-refractivity contribution in [3.05, 3.63) is 62.1 Å². The highest BCUT2D eigenvalue weighted by molar-refractivity contribution is 9.10. The van der Waals surface area contributed by atoms with E-state index in [0.29, 0.717) is 0 Å². The molecule has 4 heteroatoms. The zero-order valence-electron chi connectivity index (χ0n) is 11.8. The van der Waals surface area contributed by atoms with Crippen molar-refractivity contribution in [2.75, 3.05) is 6.61 Å². The average Bonchev–Trinajstić information content (AvgIpc) is 2.90. The summed E-state index contributed by atoms with van der Waals surface area (Å²) in [6.45, 7) is 2.75. The Bertz CT molecular complexity index is 687. The van der Waals surface area contributed by atoms with Crippen molar-refractivity contribution in [3.63, 3.8) is 0 Å². The first kappa shape index (κ1) is 14.9. The van der Waals surface area contributed by atoms with Gasteiger partial charge in [0.1, 0.15) is 5.75 Å². The van der Waals surface area contributed by atoms with Gasteiger partial charge in [0.2, 0.25) is 0 Å². The second-order valence-corrected chi connectivity index (χ2v) is 6.79. The summed E-state index contributed by atoms with van der Waals surface area (Å²) in [5, 5.41) is 0.763. The van der Waals surface area contributed by atoms with Crippen LogP contribution in [-0.4, -0.2) is 6.61 Å². The number of hydrogen-bond donors (Lipinski definition) is 1. The molecule has 0 saturated heterocycles. The Kier molecular flexibility index (Phi) is 4.25. The van der Waals surface area contributed by atoms with Crippen molar-refractivity contribution in [1.82, 2.24) is 0 Å². The molecule has 1 aliphatic heterocycles. The second kappa shape index (κ2) is 5.99. The number of fused-ring (bicyclic) bond motifs is 1. The first-order valence-electron chi connectivity index (χ1n) is 7.00. The predicted molar refractivity (Wildman–Crippen MR) is 90.2 cm³/mol. The van der Waals surface area contributed by atoms with Gasteiger partial charge in [0.15, 0.2) is 0 Å². The van der Waals surface area contributed by atoms with Crippen LogP contribution in [0, 0.1) is 6.92 Å². The third kappa shape index (κ3) is 3.10. The highest BCUT2D eigenvalue weighted by Crippen LogP contribution is 2.35. The number of benzene rings is 2. The Hall–Kier alpha value is -1.03. The lowest BCUT2D eigenvalue weighted by atomic mass is 9.97. The summed E-state index contributed by atoms with van der Waals surface area (Å²) in [5.74, 6) is 1.01. The maximum absolute atomic E-state index is 6.36. The number of ether oxygens (including phenoxy) is 1. The van der Waals surface area contributed by atoms with Gasteiger partial charge in [-0.2, -0.15) is 0 Å². The number of nitrogens with two attached hydrogens (primary N) is 1. The number of halogens is 2. The minimum Gasteiger partial charge on any atom is -0.493 e. The minimum absolute atomic E-state index is 0.0919. The Morgan fingerprint density at radius 1 is 1.33 bits per heavy atom. The van der Waals surface area contributed by atoms with Crippen molar-refractivity contribution >= 4 is 27.5 Å². The van der Waals surface area contributed by atoms with E-state index in [-0.39, 0.29) is 6.04 Å². The summed E-state index contributed by atoms with van der Waals surface area (Å²) in [5.41, 5.74) is 10.9. The standard InChI is InChI=1S/C17H17BrClNO/c1-10-2-3-11(8-15(10)19)16(20)9-13-7-14(18)6-12-4-5-21-17(12)13/h2-3,6-8,16H,4-5,9,20H2,1H3. The molecule has 1 atom stereocenters. The molecular formula is C17H17BrClNO. The van der Waals surface area contributed by atoms with Crippen LogP contribution in [0.2, 0.25) is 5.02 Å². The van der Waals surface area contributed by atoms with Crippen LogP contribution in [0.1, 0.15) is 28.3 Å². The second-order valence-electron chi connectivity index (χ2n) is 5.47. The lowest BCUT2D eigenvalue weighted by Gasteiger charge is -2.16. The van der Waals surface area contributed by atoms with E-state index >= 15 is 0 Å². The van der Waals surface area contributed by atoms with Gasteiger partial charge in [0.25, 0.3) is 0 Å². The molecule has 3 rings (SSSR count). The fraction of sp³-hybridized carbons (Fsp3) is 0.294. The van der Waals surface area contributed by atoms with Crippen molar-refractivity contribution in [1.29, 1.82) is 0 Å². The lowest BCUT2D eigenvalue weighted by molar-refractivity contribution is 0.352. The molecule has 0 aromatic heterocycles. The van der Waals surface area contributed by atoms with E-state index in [1.54, 1.807) is 0 Å². The van der Waals surface area contributed by atoms with Gasteiger partial charge in [-0.25, -0.2) is 0 Å². The zero-order valence-corrected chi connectivity index (χ0v) is 14.2. The van der Waals surface area contributed by atoms with Crippen LogP contribution in [0.3, 0.4) is 0 Å². The number of rotatable bonds is 3. The molecular weight excluding hydrogens is 350 g/mol. The SMILES string of the molecule is Cc1ccc(C(N)Cc2cc(Br)cc3c2OCC3)cc1Cl. The molecule has 0 fully saturated rings. The average molecular weight is 367 g/mol. The fourth-order valence-electron chi connectivity index (χ4n) is 2.69. The molecule has 110 valence electrons. The summed E-state index contributed by atoms with van der Waals surface area (Å²) in [4.78, 5) is 0. The van der Waals surface area contributed by atoms with E-state index < -0.39 is 0 Å². The molecule has 0 radical (unpaired) electrons. The molecule has 1 heterocycles. The van der Waals surface area contributed by atoms with E-state index in [2.05, 4.69) is 28.1 Å². The minimum atomic E-state index is -0.0919. The summed E-state index contributed by atoms with van der Waals surface area (Å²) in [6.07, 6.45) is 1.70. The highest BCUT2D eigenvalue weighted by Gasteiger charge is 2.19. The van der Waals surface area contributed by atoms with E-state index in [9.17, 15) is 0 Å². The summed E-state index contributed by atoms with van der Waals surface area (Å²) in [6, 6.07) is 10.1. The first-order valence-corrected chi connectivity index (χ1v) is 8.17. The highest BCUT2D eigenvalue weighted by atomic mass is 79.9. The summed E-state index contributed by atoms with van der Waals surface area (Å²) < 4.78 is 6.84. The van der Waals surface area contributed by atoms with E-state index in [1.165, 1.54) is 5.56 Å². The number of hydrogen-bond acceptors (Lipinski definition) is 2. The molecule has 0 bridgehead atoms. The van der Waals surface area contributed by atoms with Gasteiger partial charge in [0, 0.05) is 22.0 Å². The van der Waals surface area contributed by atoms with Crippen molar-refractivity contribution in [3.8, 4) is 5.75 Å². The molecule has 2 nitrogen and oxygen atoms in total. The lowest BCUT2D eigenvalue weighted by Crippen LogP contribution is -2.14. The van der Waals surface area contributed by atoms with E-state index in [0.717, 1.165) is 51.4 Å². The molecule has 21 heavy (non-hydrogen) atoms. The molecule has 1 unspecified atom stereocenters. The van der Waals surface area contributed by atoms with Crippen molar-refractivity contribution in [2.45, 2.75) is 25.8 Å². The maximum Gasteiger partial charge on any atom is 0.125 e. The van der Waals surface area contributed by atoms with Crippen molar-refractivity contribution in [2.24, 2.45) is 5.73 Å². The van der Waals surface area contributed by atoms with Crippen LogP contribution in [0.25, 0.3) is 0 Å². The van der Waals surface area contributed by atoms with E-state index in [4.69, 9.17) is 22.1 Å². The maximum atomic E-state index is 6.36. The van der Waals surface area contributed by atoms with Crippen LogP contribution in [0.4, 0.5) is 0 Å². The molecule has 2 N–H and O–H groups in total. The van der Waals surface area contributed by atoms with E-state index in [1.807, 2.05) is 25.1 Å². The molecule has 0 aliphatic carbocycles. The van der Waals surface area contributed by atoms with Gasteiger partial charge in [-0.1, -0.05) is 39.7 Å². The third-order valence-electron chi connectivity index (χ3n) is 3.89. The monoisotopic (exact) mass is 365 g/mol. The Balaban J connectivity index is 1.88. The topological polar surface area (TPSA) is 35.2 Å². The summed E-state index contributed by atoms with van der Waals surface area (Å²) in [7, 11) is 0. The fourth-order valence-corrected chi connectivity index (χ4v) is 3.43. The van der Waals surface area contributed by atoms with Crippen LogP contribution >= 0.6 is 27.5 Å². The Morgan fingerprint density at radius 2 is 2.14 bits per heavy atom. The zero-order chi connectivity index (χ0) is 15.0. The molecule has 0 amide bonds. The van der Waals surface area contributed by atoms with Gasteiger partial charge in [-0.05, 0) is 53.8 Å². The van der Waals surface area contributed by atoms with Crippen LogP contribution < -0.4 is 10.5 Å². The van der Waals surface area contributed by atoms with Crippen LogP contribution in [0.15, 0.2) is 34.8 Å². The predicted octanol–water partition coefficient (Wildman–Crippen LogP) is 4.59. The molecule has 1 aliphatic rings. The molecule has 2 aromatic carbocycles. The number of aryl methyl sites for hydroxylation is 1. The molecule has 2 aromatic rings. The quantitative estimate of drug-likeness (QED) is 0.862. The Labute approximate surface area is 138 Å². The van der Waals surface area contributed by atoms with Crippen LogP contribution in [-0.2, 0) is 12.8 Å².